The lowest BCUT2D eigenvalue weighted by atomic mass is 9.81. The molecule has 0 radical (unpaired) electrons. The minimum atomic E-state index is -0.246. The van der Waals surface area contributed by atoms with Crippen LogP contribution in [0, 0.1) is 5.92 Å². The van der Waals surface area contributed by atoms with Crippen molar-refractivity contribution in [2.24, 2.45) is 5.92 Å². The first-order valence-corrected chi connectivity index (χ1v) is 6.04. The first kappa shape index (κ1) is 9.51. The van der Waals surface area contributed by atoms with Gasteiger partial charge in [0.05, 0.1) is 5.60 Å². The highest BCUT2D eigenvalue weighted by Gasteiger charge is 2.38. The Morgan fingerprint density at radius 3 is 1.85 bits per heavy atom. The second-order valence-electron chi connectivity index (χ2n) is 5.00. The van der Waals surface area contributed by atoms with E-state index in [-0.39, 0.29) is 5.60 Å². The van der Waals surface area contributed by atoms with E-state index < -0.39 is 0 Å². The summed E-state index contributed by atoms with van der Waals surface area (Å²) in [6.07, 6.45) is 12.8. The van der Waals surface area contributed by atoms with E-state index in [4.69, 9.17) is 0 Å². The predicted molar refractivity (Wildman–Crippen MR) is 54.6 cm³/mol. The lowest BCUT2D eigenvalue weighted by Crippen LogP contribution is -2.34. The molecule has 2 fully saturated rings. The maximum atomic E-state index is 10.4. The molecular formula is C12H22O. The second kappa shape index (κ2) is 4.00. The maximum Gasteiger partial charge on any atom is 0.0675 e. The third kappa shape index (κ3) is 2.07. The Morgan fingerprint density at radius 2 is 1.31 bits per heavy atom. The molecule has 0 atom stereocenters. The van der Waals surface area contributed by atoms with Gasteiger partial charge in [0.15, 0.2) is 0 Å². The Morgan fingerprint density at radius 1 is 0.769 bits per heavy atom. The number of hydrogen-bond acceptors (Lipinski definition) is 1. The van der Waals surface area contributed by atoms with Gasteiger partial charge in [-0.05, 0) is 31.6 Å². The third-order valence-electron chi connectivity index (χ3n) is 4.08. The van der Waals surface area contributed by atoms with Crippen LogP contribution in [0.1, 0.15) is 64.2 Å². The quantitative estimate of drug-likeness (QED) is 0.617. The predicted octanol–water partition coefficient (Wildman–Crippen LogP) is 3.26. The van der Waals surface area contributed by atoms with Gasteiger partial charge < -0.3 is 5.11 Å². The zero-order valence-corrected chi connectivity index (χ0v) is 8.60. The van der Waals surface area contributed by atoms with E-state index in [9.17, 15) is 5.11 Å². The SMILES string of the molecule is OC1(C2CCCCCC2)CCCC1. The number of hydrogen-bond donors (Lipinski definition) is 1. The lowest BCUT2D eigenvalue weighted by molar-refractivity contribution is -0.0184. The van der Waals surface area contributed by atoms with Crippen LogP contribution in [0.5, 0.6) is 0 Å². The number of rotatable bonds is 1. The lowest BCUT2D eigenvalue weighted by Gasteiger charge is -2.31. The van der Waals surface area contributed by atoms with Crippen LogP contribution in [-0.4, -0.2) is 10.7 Å². The Kier molecular flexibility index (Phi) is 2.92. The van der Waals surface area contributed by atoms with E-state index in [2.05, 4.69) is 0 Å². The molecule has 0 aliphatic heterocycles. The third-order valence-corrected chi connectivity index (χ3v) is 4.08. The molecule has 0 aromatic carbocycles. The highest BCUT2D eigenvalue weighted by molar-refractivity contribution is 4.91. The molecule has 76 valence electrons. The number of aliphatic hydroxyl groups is 1. The summed E-state index contributed by atoms with van der Waals surface area (Å²) in [5.41, 5.74) is -0.246. The average molecular weight is 182 g/mol. The summed E-state index contributed by atoms with van der Waals surface area (Å²) in [5, 5.41) is 10.4. The van der Waals surface area contributed by atoms with E-state index in [0.717, 1.165) is 12.8 Å². The summed E-state index contributed by atoms with van der Waals surface area (Å²) in [5.74, 6) is 0.637. The fourth-order valence-corrected chi connectivity index (χ4v) is 3.21. The van der Waals surface area contributed by atoms with Crippen LogP contribution in [0.25, 0.3) is 0 Å². The van der Waals surface area contributed by atoms with Gasteiger partial charge in [0, 0.05) is 0 Å². The molecule has 0 saturated heterocycles. The first-order chi connectivity index (χ1) is 6.31. The van der Waals surface area contributed by atoms with E-state index in [1.165, 1.54) is 51.4 Å². The normalized spacial score (nSPS) is 30.2. The molecule has 1 N–H and O–H groups in total. The van der Waals surface area contributed by atoms with Gasteiger partial charge in [-0.15, -0.1) is 0 Å². The van der Waals surface area contributed by atoms with E-state index in [1.807, 2.05) is 0 Å². The second-order valence-corrected chi connectivity index (χ2v) is 5.00. The van der Waals surface area contributed by atoms with Crippen molar-refractivity contribution in [2.45, 2.75) is 69.8 Å². The van der Waals surface area contributed by atoms with Gasteiger partial charge in [0.25, 0.3) is 0 Å². The summed E-state index contributed by atoms with van der Waals surface area (Å²) >= 11 is 0. The van der Waals surface area contributed by atoms with Gasteiger partial charge in [-0.3, -0.25) is 0 Å². The maximum absolute atomic E-state index is 10.4. The molecule has 2 aliphatic rings. The molecule has 2 saturated carbocycles. The highest BCUT2D eigenvalue weighted by Crippen LogP contribution is 2.41. The van der Waals surface area contributed by atoms with Crippen molar-refractivity contribution in [3.05, 3.63) is 0 Å². The van der Waals surface area contributed by atoms with Gasteiger partial charge >= 0.3 is 0 Å². The molecule has 0 bridgehead atoms. The molecule has 0 amide bonds. The Bertz CT molecular complexity index is 151. The van der Waals surface area contributed by atoms with Crippen molar-refractivity contribution in [3.8, 4) is 0 Å². The van der Waals surface area contributed by atoms with Crippen molar-refractivity contribution >= 4 is 0 Å². The molecule has 13 heavy (non-hydrogen) atoms. The van der Waals surface area contributed by atoms with Crippen LogP contribution in [0.4, 0.5) is 0 Å². The smallest absolute Gasteiger partial charge is 0.0675 e. The van der Waals surface area contributed by atoms with Crippen LogP contribution in [0.2, 0.25) is 0 Å². The van der Waals surface area contributed by atoms with Crippen LogP contribution in [-0.2, 0) is 0 Å². The Labute approximate surface area is 81.5 Å². The van der Waals surface area contributed by atoms with Crippen LogP contribution in [0.15, 0.2) is 0 Å². The summed E-state index contributed by atoms with van der Waals surface area (Å²) in [6.45, 7) is 0. The molecular weight excluding hydrogens is 160 g/mol. The molecule has 0 unspecified atom stereocenters. The largest absolute Gasteiger partial charge is 0.390 e. The monoisotopic (exact) mass is 182 g/mol. The summed E-state index contributed by atoms with van der Waals surface area (Å²) in [7, 11) is 0. The molecule has 0 aromatic rings. The minimum absolute atomic E-state index is 0.246. The summed E-state index contributed by atoms with van der Waals surface area (Å²) < 4.78 is 0. The van der Waals surface area contributed by atoms with E-state index in [1.54, 1.807) is 0 Å². The van der Waals surface area contributed by atoms with E-state index >= 15 is 0 Å². The molecule has 0 heterocycles. The molecule has 0 aromatic heterocycles. The van der Waals surface area contributed by atoms with Crippen LogP contribution < -0.4 is 0 Å². The van der Waals surface area contributed by atoms with Crippen molar-refractivity contribution in [2.75, 3.05) is 0 Å². The van der Waals surface area contributed by atoms with Crippen LogP contribution in [0.3, 0.4) is 0 Å². The zero-order valence-electron chi connectivity index (χ0n) is 8.60. The summed E-state index contributed by atoms with van der Waals surface area (Å²) in [6, 6.07) is 0. The standard InChI is InChI=1S/C12H22O/c13-12(9-5-6-10-12)11-7-3-1-2-4-8-11/h11,13H,1-10H2. The Hall–Kier alpha value is -0.0400. The average Bonchev–Trinajstić information content (AvgIpc) is 2.44. The molecule has 2 aliphatic carbocycles. The van der Waals surface area contributed by atoms with Gasteiger partial charge in [0.2, 0.25) is 0 Å². The Balaban J connectivity index is 1.96. The minimum Gasteiger partial charge on any atom is -0.390 e. The topological polar surface area (TPSA) is 20.2 Å². The van der Waals surface area contributed by atoms with E-state index in [0.29, 0.717) is 5.92 Å². The molecule has 1 nitrogen and oxygen atoms in total. The van der Waals surface area contributed by atoms with Crippen molar-refractivity contribution in [1.29, 1.82) is 0 Å². The zero-order chi connectivity index (χ0) is 9.15. The fourth-order valence-electron chi connectivity index (χ4n) is 3.21. The van der Waals surface area contributed by atoms with Crippen molar-refractivity contribution < 1.29 is 5.11 Å². The van der Waals surface area contributed by atoms with Gasteiger partial charge in [-0.2, -0.15) is 0 Å². The molecule has 0 spiro atoms. The van der Waals surface area contributed by atoms with Gasteiger partial charge in [0.1, 0.15) is 0 Å². The molecule has 2 rings (SSSR count). The van der Waals surface area contributed by atoms with Gasteiger partial charge in [-0.1, -0.05) is 38.5 Å². The first-order valence-electron chi connectivity index (χ1n) is 6.04. The fraction of sp³-hybridized carbons (Fsp3) is 1.00. The molecule has 1 heteroatoms. The summed E-state index contributed by atoms with van der Waals surface area (Å²) in [4.78, 5) is 0. The van der Waals surface area contributed by atoms with Crippen LogP contribution >= 0.6 is 0 Å². The van der Waals surface area contributed by atoms with Crippen molar-refractivity contribution in [1.82, 2.24) is 0 Å². The van der Waals surface area contributed by atoms with Crippen molar-refractivity contribution in [3.63, 3.8) is 0 Å². The highest BCUT2D eigenvalue weighted by atomic mass is 16.3. The van der Waals surface area contributed by atoms with Gasteiger partial charge in [-0.25, -0.2) is 0 Å².